The summed E-state index contributed by atoms with van der Waals surface area (Å²) in [4.78, 5) is 26.3. The Morgan fingerprint density at radius 2 is 1.78 bits per heavy atom. The molecule has 0 atom stereocenters. The van der Waals surface area contributed by atoms with E-state index in [0.717, 1.165) is 22.7 Å². The van der Waals surface area contributed by atoms with Crippen molar-refractivity contribution in [2.24, 2.45) is 0 Å². The van der Waals surface area contributed by atoms with Crippen LogP contribution in [-0.2, 0) is 11.3 Å². The number of amides is 2. The second-order valence-corrected chi connectivity index (χ2v) is 7.05. The standard InChI is InChI=1S/C19H15ClFNO4S/c1-25-14-5-11(6-15(9-14)26-2)7-17-18(23)22(19(24)27-17)10-12-3-4-13(21)8-16(12)20/h3-9H,10H2,1-2H3/b17-7+. The van der Waals surface area contributed by atoms with E-state index in [0.29, 0.717) is 22.6 Å². The van der Waals surface area contributed by atoms with Crippen molar-refractivity contribution in [2.45, 2.75) is 6.54 Å². The van der Waals surface area contributed by atoms with Crippen LogP contribution in [0.4, 0.5) is 9.18 Å². The lowest BCUT2D eigenvalue weighted by Gasteiger charge is -2.13. The van der Waals surface area contributed by atoms with Crippen molar-refractivity contribution in [3.63, 3.8) is 0 Å². The van der Waals surface area contributed by atoms with Crippen LogP contribution in [-0.4, -0.2) is 30.3 Å². The number of carbonyl (C=O) groups is 2. The second-order valence-electron chi connectivity index (χ2n) is 5.65. The van der Waals surface area contributed by atoms with E-state index in [1.807, 2.05) is 0 Å². The molecule has 8 heteroatoms. The number of thioether (sulfide) groups is 1. The third-order valence-corrected chi connectivity index (χ3v) is 5.15. The molecule has 1 heterocycles. The zero-order valence-corrected chi connectivity index (χ0v) is 16.1. The number of hydrogen-bond donors (Lipinski definition) is 0. The number of ether oxygens (including phenoxy) is 2. The van der Waals surface area contributed by atoms with Gasteiger partial charge in [0.2, 0.25) is 0 Å². The molecule has 0 spiro atoms. The third kappa shape index (κ3) is 4.26. The van der Waals surface area contributed by atoms with Gasteiger partial charge in [-0.15, -0.1) is 0 Å². The Balaban J connectivity index is 1.86. The summed E-state index contributed by atoms with van der Waals surface area (Å²) in [5.41, 5.74) is 1.15. The molecule has 0 unspecified atom stereocenters. The molecule has 0 radical (unpaired) electrons. The van der Waals surface area contributed by atoms with Crippen LogP contribution in [0.5, 0.6) is 11.5 Å². The summed E-state index contributed by atoms with van der Waals surface area (Å²) >= 11 is 6.83. The summed E-state index contributed by atoms with van der Waals surface area (Å²) in [6.45, 7) is -0.0252. The summed E-state index contributed by atoms with van der Waals surface area (Å²) in [7, 11) is 3.05. The third-order valence-electron chi connectivity index (χ3n) is 3.89. The molecular formula is C19H15ClFNO4S. The van der Waals surface area contributed by atoms with Gasteiger partial charge in [0.25, 0.3) is 11.1 Å². The highest BCUT2D eigenvalue weighted by Gasteiger charge is 2.35. The van der Waals surface area contributed by atoms with Gasteiger partial charge in [0, 0.05) is 11.1 Å². The lowest BCUT2D eigenvalue weighted by molar-refractivity contribution is -0.123. The maximum absolute atomic E-state index is 13.2. The van der Waals surface area contributed by atoms with Gasteiger partial charge in [-0.1, -0.05) is 17.7 Å². The number of hydrogen-bond acceptors (Lipinski definition) is 5. The number of imide groups is 1. The van der Waals surface area contributed by atoms with E-state index in [9.17, 15) is 14.0 Å². The van der Waals surface area contributed by atoms with Crippen LogP contribution in [0.1, 0.15) is 11.1 Å². The maximum atomic E-state index is 13.2. The Morgan fingerprint density at radius 1 is 1.11 bits per heavy atom. The maximum Gasteiger partial charge on any atom is 0.293 e. The highest BCUT2D eigenvalue weighted by Crippen LogP contribution is 2.35. The second kappa shape index (κ2) is 8.02. The SMILES string of the molecule is COc1cc(/C=C2/SC(=O)N(Cc3ccc(F)cc3Cl)C2=O)cc(OC)c1. The van der Waals surface area contributed by atoms with Crippen molar-refractivity contribution in [1.29, 1.82) is 0 Å². The van der Waals surface area contributed by atoms with Crippen LogP contribution in [0.15, 0.2) is 41.3 Å². The molecule has 2 aromatic carbocycles. The summed E-state index contributed by atoms with van der Waals surface area (Å²) in [6.07, 6.45) is 1.60. The Labute approximate surface area is 164 Å². The first kappa shape index (κ1) is 19.3. The lowest BCUT2D eigenvalue weighted by Crippen LogP contribution is -2.27. The minimum Gasteiger partial charge on any atom is -0.497 e. The van der Waals surface area contributed by atoms with Gasteiger partial charge < -0.3 is 9.47 Å². The fraction of sp³-hybridized carbons (Fsp3) is 0.158. The topological polar surface area (TPSA) is 55.8 Å². The molecule has 1 aliphatic heterocycles. The van der Waals surface area contributed by atoms with Crippen molar-refractivity contribution in [3.8, 4) is 11.5 Å². The molecule has 5 nitrogen and oxygen atoms in total. The average molecular weight is 408 g/mol. The lowest BCUT2D eigenvalue weighted by atomic mass is 10.1. The predicted molar refractivity (Wildman–Crippen MR) is 102 cm³/mol. The van der Waals surface area contributed by atoms with Gasteiger partial charge >= 0.3 is 0 Å². The van der Waals surface area contributed by atoms with Gasteiger partial charge in [-0.2, -0.15) is 0 Å². The minimum atomic E-state index is -0.482. The van der Waals surface area contributed by atoms with Gasteiger partial charge in [0.15, 0.2) is 0 Å². The van der Waals surface area contributed by atoms with Crippen LogP contribution in [0.25, 0.3) is 6.08 Å². The molecule has 0 N–H and O–H groups in total. The normalized spacial score (nSPS) is 15.6. The summed E-state index contributed by atoms with van der Waals surface area (Å²) in [5, 5.41) is -0.253. The van der Waals surface area contributed by atoms with Crippen molar-refractivity contribution in [2.75, 3.05) is 14.2 Å². The Hall–Kier alpha value is -2.51. The Kier molecular flexibility index (Phi) is 5.72. The number of nitrogens with zero attached hydrogens (tertiary/aromatic N) is 1. The van der Waals surface area contributed by atoms with Gasteiger partial charge in [-0.05, 0) is 53.2 Å². The van der Waals surface area contributed by atoms with Gasteiger partial charge in [0.1, 0.15) is 17.3 Å². The Bertz CT molecular complexity index is 925. The van der Waals surface area contributed by atoms with Crippen LogP contribution in [0.2, 0.25) is 5.02 Å². The first-order valence-corrected chi connectivity index (χ1v) is 9.03. The van der Waals surface area contributed by atoms with Crippen molar-refractivity contribution in [3.05, 3.63) is 63.3 Å². The van der Waals surface area contributed by atoms with E-state index >= 15 is 0 Å². The molecular weight excluding hydrogens is 393 g/mol. The van der Waals surface area contributed by atoms with E-state index in [1.165, 1.54) is 26.4 Å². The fourth-order valence-corrected chi connectivity index (χ4v) is 3.59. The molecule has 0 aliphatic carbocycles. The van der Waals surface area contributed by atoms with Gasteiger partial charge in [0.05, 0.1) is 25.7 Å². The van der Waals surface area contributed by atoms with Crippen molar-refractivity contribution in [1.82, 2.24) is 4.90 Å². The van der Waals surface area contributed by atoms with Crippen molar-refractivity contribution >= 4 is 40.6 Å². The predicted octanol–water partition coefficient (Wildman–Crippen LogP) is 4.73. The highest BCUT2D eigenvalue weighted by atomic mass is 35.5. The highest BCUT2D eigenvalue weighted by molar-refractivity contribution is 8.18. The minimum absolute atomic E-state index is 0.0252. The fourth-order valence-electron chi connectivity index (χ4n) is 2.52. The largest absolute Gasteiger partial charge is 0.497 e. The molecule has 1 aliphatic rings. The van der Waals surface area contributed by atoms with Crippen molar-refractivity contribution < 1.29 is 23.5 Å². The quantitative estimate of drug-likeness (QED) is 0.670. The number of methoxy groups -OCH3 is 2. The van der Waals surface area contributed by atoms with E-state index < -0.39 is 17.0 Å². The van der Waals surface area contributed by atoms with E-state index in [2.05, 4.69) is 0 Å². The van der Waals surface area contributed by atoms with Gasteiger partial charge in [-0.3, -0.25) is 14.5 Å². The molecule has 0 bridgehead atoms. The van der Waals surface area contributed by atoms with Crippen LogP contribution in [0.3, 0.4) is 0 Å². The molecule has 27 heavy (non-hydrogen) atoms. The first-order chi connectivity index (χ1) is 12.9. The molecule has 140 valence electrons. The molecule has 0 saturated carbocycles. The number of carbonyl (C=O) groups excluding carboxylic acids is 2. The zero-order valence-electron chi connectivity index (χ0n) is 14.5. The Morgan fingerprint density at radius 3 is 2.37 bits per heavy atom. The van der Waals surface area contributed by atoms with E-state index in [1.54, 1.807) is 24.3 Å². The number of benzene rings is 2. The van der Waals surface area contributed by atoms with E-state index in [-0.39, 0.29) is 16.5 Å². The molecule has 1 saturated heterocycles. The van der Waals surface area contributed by atoms with Crippen LogP contribution in [0, 0.1) is 5.82 Å². The first-order valence-electron chi connectivity index (χ1n) is 7.83. The zero-order chi connectivity index (χ0) is 19.6. The van der Waals surface area contributed by atoms with Crippen LogP contribution < -0.4 is 9.47 Å². The molecule has 0 aromatic heterocycles. The number of rotatable bonds is 5. The summed E-state index contributed by atoms with van der Waals surface area (Å²) in [5.74, 6) is 0.216. The molecule has 3 rings (SSSR count). The average Bonchev–Trinajstić information content (AvgIpc) is 2.90. The molecule has 2 aromatic rings. The van der Waals surface area contributed by atoms with Gasteiger partial charge in [-0.25, -0.2) is 4.39 Å². The smallest absolute Gasteiger partial charge is 0.293 e. The number of halogens is 2. The molecule has 2 amide bonds. The monoisotopic (exact) mass is 407 g/mol. The summed E-state index contributed by atoms with van der Waals surface area (Å²) < 4.78 is 23.6. The molecule has 1 fully saturated rings. The van der Waals surface area contributed by atoms with E-state index in [4.69, 9.17) is 21.1 Å². The summed E-state index contributed by atoms with van der Waals surface area (Å²) in [6, 6.07) is 9.00. The van der Waals surface area contributed by atoms with Crippen LogP contribution >= 0.6 is 23.4 Å².